The molecule has 2 aliphatic heterocycles. The molecular formula is C11H6F3LiO. The summed E-state index contributed by atoms with van der Waals surface area (Å²) in [6.45, 7) is 0. The zero-order chi connectivity index (χ0) is 10.6. The Balaban J connectivity index is 0.000000963. The maximum Gasteiger partial charge on any atom is 1.00 e. The Morgan fingerprint density at radius 3 is 2.62 bits per heavy atom. The molecule has 0 amide bonds. The molecule has 0 spiro atoms. The zero-order valence-electron chi connectivity index (χ0n) is 8.51. The third-order valence-corrected chi connectivity index (χ3v) is 2.68. The van der Waals surface area contributed by atoms with Crippen LogP contribution in [0.5, 0.6) is 0 Å². The van der Waals surface area contributed by atoms with Crippen LogP contribution in [0.25, 0.3) is 0 Å². The molecular weight excluding hydrogens is 212 g/mol. The molecule has 1 nitrogen and oxygen atoms in total. The predicted molar refractivity (Wildman–Crippen MR) is 45.8 cm³/mol. The molecule has 0 aromatic heterocycles. The molecule has 3 rings (SSSR count). The van der Waals surface area contributed by atoms with E-state index in [-0.39, 0.29) is 25.0 Å². The minimum atomic E-state index is -4.29. The summed E-state index contributed by atoms with van der Waals surface area (Å²) in [7, 11) is 0. The van der Waals surface area contributed by atoms with E-state index >= 15 is 0 Å². The molecule has 2 bridgehead atoms. The van der Waals surface area contributed by atoms with Crippen LogP contribution in [0.2, 0.25) is 0 Å². The molecule has 2 atom stereocenters. The Bertz CT molecular complexity index is 453. The van der Waals surface area contributed by atoms with Crippen LogP contribution in [0.3, 0.4) is 0 Å². The molecule has 2 heterocycles. The second kappa shape index (κ2) is 3.66. The van der Waals surface area contributed by atoms with Gasteiger partial charge in [-0.25, -0.2) is 6.08 Å². The fourth-order valence-electron chi connectivity index (χ4n) is 1.96. The van der Waals surface area contributed by atoms with Gasteiger partial charge in [0, 0.05) is 0 Å². The van der Waals surface area contributed by atoms with Gasteiger partial charge in [0.05, 0.1) is 11.7 Å². The van der Waals surface area contributed by atoms with Gasteiger partial charge in [-0.05, 0) is 29.4 Å². The maximum atomic E-state index is 12.4. The van der Waals surface area contributed by atoms with Crippen LogP contribution in [0.15, 0.2) is 24.3 Å². The molecule has 0 fully saturated rings. The third-order valence-electron chi connectivity index (χ3n) is 2.68. The molecule has 2 aliphatic rings. The Morgan fingerprint density at radius 1 is 1.19 bits per heavy atom. The van der Waals surface area contributed by atoms with Gasteiger partial charge in [0.15, 0.2) is 0 Å². The molecule has 0 radical (unpaired) electrons. The summed E-state index contributed by atoms with van der Waals surface area (Å²) >= 11 is 0. The standard InChI is InChI=1S/C11H6F3O.Li/c12-11(13,14)6-1-2-7-8(5-6)10-4-3-9(7)15-10;/h1-3,5,9-10H;/q-1;+1. The van der Waals surface area contributed by atoms with Gasteiger partial charge in [-0.15, -0.1) is 0 Å². The van der Waals surface area contributed by atoms with Crippen molar-refractivity contribution in [2.45, 2.75) is 18.4 Å². The minimum Gasteiger partial charge on any atom is -0.463 e. The summed E-state index contributed by atoms with van der Waals surface area (Å²) in [4.78, 5) is 0. The first-order valence-corrected chi connectivity index (χ1v) is 4.51. The maximum absolute atomic E-state index is 12.4. The van der Waals surface area contributed by atoms with Crippen molar-refractivity contribution in [1.82, 2.24) is 0 Å². The van der Waals surface area contributed by atoms with Gasteiger partial charge in [0.1, 0.15) is 0 Å². The van der Waals surface area contributed by atoms with Crippen LogP contribution in [-0.2, 0) is 10.9 Å². The van der Waals surface area contributed by atoms with Crippen LogP contribution in [0.1, 0.15) is 28.9 Å². The Morgan fingerprint density at radius 2 is 1.94 bits per heavy atom. The van der Waals surface area contributed by atoms with Crippen molar-refractivity contribution in [2.75, 3.05) is 0 Å². The summed E-state index contributed by atoms with van der Waals surface area (Å²) in [5.74, 6) is 0. The van der Waals surface area contributed by atoms with Crippen molar-refractivity contribution in [3.05, 3.63) is 47.0 Å². The van der Waals surface area contributed by atoms with Crippen molar-refractivity contribution in [3.8, 4) is 0 Å². The quantitative estimate of drug-likeness (QED) is 0.446. The van der Waals surface area contributed by atoms with E-state index in [2.05, 4.69) is 6.08 Å². The van der Waals surface area contributed by atoms with Gasteiger partial charge in [0.25, 0.3) is 0 Å². The SMILES string of the molecule is FC(F)(F)c1ccc2c(c1)C1[C-]=CC2O1.[Li+]. The molecule has 2 unspecified atom stereocenters. The van der Waals surface area contributed by atoms with Gasteiger partial charge in [-0.3, -0.25) is 0 Å². The monoisotopic (exact) mass is 218 g/mol. The van der Waals surface area contributed by atoms with Crippen LogP contribution in [0.4, 0.5) is 13.2 Å². The van der Waals surface area contributed by atoms with Crippen molar-refractivity contribution in [1.29, 1.82) is 0 Å². The molecule has 16 heavy (non-hydrogen) atoms. The van der Waals surface area contributed by atoms with Crippen LogP contribution >= 0.6 is 0 Å². The van der Waals surface area contributed by atoms with Crippen LogP contribution < -0.4 is 18.9 Å². The summed E-state index contributed by atoms with van der Waals surface area (Å²) in [6, 6.07) is 3.73. The number of halogens is 3. The number of ether oxygens (including phenoxy) is 1. The molecule has 78 valence electrons. The van der Waals surface area contributed by atoms with Crippen LogP contribution in [0, 0.1) is 6.08 Å². The Labute approximate surface area is 102 Å². The molecule has 0 N–H and O–H groups in total. The van der Waals surface area contributed by atoms with E-state index in [4.69, 9.17) is 4.74 Å². The number of hydrogen-bond acceptors (Lipinski definition) is 1. The van der Waals surface area contributed by atoms with Crippen LogP contribution in [-0.4, -0.2) is 0 Å². The number of alkyl halides is 3. The van der Waals surface area contributed by atoms with Gasteiger partial charge >= 0.3 is 25.0 Å². The number of hydrogen-bond donors (Lipinski definition) is 0. The van der Waals surface area contributed by atoms with E-state index in [9.17, 15) is 13.2 Å². The number of rotatable bonds is 0. The Hall–Kier alpha value is -0.693. The average molecular weight is 218 g/mol. The first-order chi connectivity index (χ1) is 7.05. The second-order valence-corrected chi connectivity index (χ2v) is 3.61. The summed E-state index contributed by atoms with van der Waals surface area (Å²) in [6.07, 6.45) is -0.276. The minimum absolute atomic E-state index is 0. The van der Waals surface area contributed by atoms with E-state index < -0.39 is 17.8 Å². The zero-order valence-corrected chi connectivity index (χ0v) is 8.51. The second-order valence-electron chi connectivity index (χ2n) is 3.61. The van der Waals surface area contributed by atoms with Gasteiger partial charge in [-0.1, -0.05) is 6.07 Å². The number of benzene rings is 1. The van der Waals surface area contributed by atoms with Gasteiger partial charge in [-0.2, -0.15) is 13.2 Å². The first-order valence-electron chi connectivity index (χ1n) is 4.51. The fraction of sp³-hybridized carbons (Fsp3) is 0.273. The summed E-state index contributed by atoms with van der Waals surface area (Å²) in [5.41, 5.74) is 0.795. The fourth-order valence-corrected chi connectivity index (χ4v) is 1.96. The van der Waals surface area contributed by atoms with E-state index in [1.165, 1.54) is 6.07 Å². The Kier molecular flexibility index (Phi) is 2.70. The molecule has 5 heteroatoms. The smallest absolute Gasteiger partial charge is 0.463 e. The van der Waals surface area contributed by atoms with E-state index in [1.54, 1.807) is 6.08 Å². The third kappa shape index (κ3) is 1.62. The van der Waals surface area contributed by atoms with E-state index in [1.807, 2.05) is 0 Å². The largest absolute Gasteiger partial charge is 1.00 e. The summed E-state index contributed by atoms with van der Waals surface area (Å²) in [5, 5.41) is 0. The van der Waals surface area contributed by atoms with Crippen molar-refractivity contribution < 1.29 is 36.8 Å². The molecule has 0 saturated carbocycles. The normalized spacial score (nSPS) is 25.4. The molecule has 1 aromatic rings. The predicted octanol–water partition coefficient (Wildman–Crippen LogP) is 0.195. The number of fused-ring (bicyclic) bond motifs is 5. The molecule has 0 saturated heterocycles. The van der Waals surface area contributed by atoms with Crippen molar-refractivity contribution >= 4 is 0 Å². The van der Waals surface area contributed by atoms with E-state index in [0.29, 0.717) is 5.56 Å². The molecule has 1 aromatic carbocycles. The van der Waals surface area contributed by atoms with Crippen molar-refractivity contribution in [3.63, 3.8) is 0 Å². The molecule has 0 aliphatic carbocycles. The topological polar surface area (TPSA) is 9.23 Å². The average Bonchev–Trinajstić information content (AvgIpc) is 2.76. The van der Waals surface area contributed by atoms with Gasteiger partial charge < -0.3 is 10.8 Å². The first kappa shape index (κ1) is 11.8. The van der Waals surface area contributed by atoms with Gasteiger partial charge in [0.2, 0.25) is 0 Å². The van der Waals surface area contributed by atoms with Crippen molar-refractivity contribution in [2.24, 2.45) is 0 Å². The van der Waals surface area contributed by atoms with E-state index in [0.717, 1.165) is 17.7 Å². The summed E-state index contributed by atoms with van der Waals surface area (Å²) < 4.78 is 42.7.